The van der Waals surface area contributed by atoms with Crippen LogP contribution in [0.1, 0.15) is 6.92 Å². The molecule has 0 heterocycles. The molecule has 3 aromatic rings. The molecule has 0 atom stereocenters. The van der Waals surface area contributed by atoms with Gasteiger partial charge in [-0.1, -0.05) is 66.8 Å². The second-order valence-electron chi connectivity index (χ2n) is 4.23. The van der Waals surface area contributed by atoms with Crippen LogP contribution in [0.15, 0.2) is 60.7 Å². The molecule has 82 valence electrons. The molecule has 0 aliphatic rings. The Labute approximate surface area is 101 Å². The van der Waals surface area contributed by atoms with Gasteiger partial charge in [-0.3, -0.25) is 0 Å². The minimum atomic E-state index is 1.28. The molecule has 0 aliphatic heterocycles. The van der Waals surface area contributed by atoms with Crippen molar-refractivity contribution in [1.29, 1.82) is 0 Å². The van der Waals surface area contributed by atoms with Gasteiger partial charge in [0.1, 0.15) is 0 Å². The summed E-state index contributed by atoms with van der Waals surface area (Å²) in [6.45, 7) is 2.04. The van der Waals surface area contributed by atoms with Gasteiger partial charge >= 0.3 is 0 Å². The van der Waals surface area contributed by atoms with E-state index in [-0.39, 0.29) is 0 Å². The molecule has 0 saturated carbocycles. The third kappa shape index (κ3) is 1.62. The first kappa shape index (κ1) is 10.1. The van der Waals surface area contributed by atoms with E-state index in [1.807, 2.05) is 6.92 Å². The summed E-state index contributed by atoms with van der Waals surface area (Å²) in [5.74, 6) is 0. The quantitative estimate of drug-likeness (QED) is 0.577. The number of rotatable bonds is 1. The van der Waals surface area contributed by atoms with Crippen LogP contribution in [-0.4, -0.2) is 0 Å². The van der Waals surface area contributed by atoms with E-state index in [4.69, 9.17) is 0 Å². The van der Waals surface area contributed by atoms with Crippen molar-refractivity contribution in [2.24, 2.45) is 0 Å². The molecule has 0 N–H and O–H groups in total. The van der Waals surface area contributed by atoms with E-state index in [2.05, 4.69) is 66.8 Å². The highest BCUT2D eigenvalue weighted by atomic mass is 14.0. The lowest BCUT2D eigenvalue weighted by Crippen LogP contribution is -2.00. The van der Waals surface area contributed by atoms with Gasteiger partial charge in [-0.05, 0) is 33.7 Å². The van der Waals surface area contributed by atoms with Gasteiger partial charge in [0.2, 0.25) is 0 Å². The molecule has 0 bridgehead atoms. The molecule has 3 aromatic carbocycles. The SMILES string of the molecule is CC=CC=c1ccc2cccc3cccc1c32. The van der Waals surface area contributed by atoms with Crippen LogP contribution >= 0.6 is 0 Å². The van der Waals surface area contributed by atoms with Gasteiger partial charge in [0.05, 0.1) is 0 Å². The molecule has 0 amide bonds. The molecule has 0 saturated heterocycles. The molecule has 0 aromatic heterocycles. The minimum absolute atomic E-state index is 1.28. The second kappa shape index (κ2) is 4.06. The number of benzene rings is 3. The maximum Gasteiger partial charge on any atom is -0.00328 e. The summed E-state index contributed by atoms with van der Waals surface area (Å²) < 4.78 is 0. The molecule has 0 unspecified atom stereocenters. The summed E-state index contributed by atoms with van der Waals surface area (Å²) in [6.07, 6.45) is 6.31. The molecule has 0 radical (unpaired) electrons. The van der Waals surface area contributed by atoms with E-state index in [0.29, 0.717) is 0 Å². The lowest BCUT2D eigenvalue weighted by Gasteiger charge is -2.05. The Hall–Kier alpha value is -2.08. The molecule has 0 heteroatoms. The number of allylic oxidation sites excluding steroid dienone is 2. The summed E-state index contributed by atoms with van der Waals surface area (Å²) in [4.78, 5) is 0. The highest BCUT2D eigenvalue weighted by Crippen LogP contribution is 2.23. The molecule has 0 spiro atoms. The van der Waals surface area contributed by atoms with Crippen molar-refractivity contribution < 1.29 is 0 Å². The molecule has 17 heavy (non-hydrogen) atoms. The zero-order valence-corrected chi connectivity index (χ0v) is 9.85. The summed E-state index contributed by atoms with van der Waals surface area (Å²) in [5, 5.41) is 6.62. The van der Waals surface area contributed by atoms with Crippen molar-refractivity contribution in [3.05, 3.63) is 65.9 Å². The van der Waals surface area contributed by atoms with E-state index >= 15 is 0 Å². The molecule has 0 nitrogen and oxygen atoms in total. The molecular formula is C17H14. The normalized spacial score (nSPS) is 13.1. The van der Waals surface area contributed by atoms with Gasteiger partial charge in [-0.25, -0.2) is 0 Å². The van der Waals surface area contributed by atoms with Crippen molar-refractivity contribution in [3.63, 3.8) is 0 Å². The number of hydrogen-bond acceptors (Lipinski definition) is 0. The zero-order chi connectivity index (χ0) is 11.7. The minimum Gasteiger partial charge on any atom is -0.0876 e. The summed E-state index contributed by atoms with van der Waals surface area (Å²) >= 11 is 0. The van der Waals surface area contributed by atoms with Gasteiger partial charge < -0.3 is 0 Å². The van der Waals surface area contributed by atoms with Gasteiger partial charge in [0, 0.05) is 0 Å². The Kier molecular flexibility index (Phi) is 2.41. The van der Waals surface area contributed by atoms with Crippen LogP contribution in [0.25, 0.3) is 27.6 Å². The van der Waals surface area contributed by atoms with Gasteiger partial charge in [0.25, 0.3) is 0 Å². The lowest BCUT2D eigenvalue weighted by atomic mass is 9.99. The molecule has 0 fully saturated rings. The Morgan fingerprint density at radius 3 is 2.29 bits per heavy atom. The Morgan fingerprint density at radius 2 is 1.53 bits per heavy atom. The van der Waals surface area contributed by atoms with Crippen LogP contribution in [0.5, 0.6) is 0 Å². The van der Waals surface area contributed by atoms with E-state index in [1.54, 1.807) is 0 Å². The highest BCUT2D eigenvalue weighted by Gasteiger charge is 2.01. The van der Waals surface area contributed by atoms with E-state index < -0.39 is 0 Å². The average molecular weight is 218 g/mol. The van der Waals surface area contributed by atoms with Crippen molar-refractivity contribution in [2.75, 3.05) is 0 Å². The molecule has 0 aliphatic carbocycles. The predicted molar refractivity (Wildman–Crippen MR) is 76.0 cm³/mol. The first-order chi connectivity index (χ1) is 8.40. The third-order valence-electron chi connectivity index (χ3n) is 3.16. The molecule has 3 rings (SSSR count). The Morgan fingerprint density at radius 1 is 0.824 bits per heavy atom. The highest BCUT2D eigenvalue weighted by molar-refractivity contribution is 6.10. The predicted octanol–water partition coefficient (Wildman–Crippen LogP) is 4.07. The lowest BCUT2D eigenvalue weighted by molar-refractivity contribution is 1.69. The van der Waals surface area contributed by atoms with Crippen molar-refractivity contribution in [1.82, 2.24) is 0 Å². The maximum atomic E-state index is 2.20. The third-order valence-corrected chi connectivity index (χ3v) is 3.16. The van der Waals surface area contributed by atoms with Crippen molar-refractivity contribution >= 4 is 27.6 Å². The van der Waals surface area contributed by atoms with Crippen molar-refractivity contribution in [2.45, 2.75) is 6.92 Å². The average Bonchev–Trinajstić information content (AvgIpc) is 2.39. The van der Waals surface area contributed by atoms with E-state index in [0.717, 1.165) is 0 Å². The van der Waals surface area contributed by atoms with Crippen LogP contribution < -0.4 is 5.22 Å². The summed E-state index contributed by atoms with van der Waals surface area (Å²) in [6, 6.07) is 17.4. The first-order valence-corrected chi connectivity index (χ1v) is 5.93. The Balaban J connectivity index is 2.53. The fourth-order valence-electron chi connectivity index (χ4n) is 2.36. The van der Waals surface area contributed by atoms with Crippen LogP contribution in [-0.2, 0) is 0 Å². The fourth-order valence-corrected chi connectivity index (χ4v) is 2.36. The van der Waals surface area contributed by atoms with E-state index in [9.17, 15) is 0 Å². The van der Waals surface area contributed by atoms with Gasteiger partial charge in [0.15, 0.2) is 0 Å². The number of hydrogen-bond donors (Lipinski definition) is 0. The van der Waals surface area contributed by atoms with Gasteiger partial charge in [-0.2, -0.15) is 0 Å². The first-order valence-electron chi connectivity index (χ1n) is 5.93. The maximum absolute atomic E-state index is 2.20. The summed E-state index contributed by atoms with van der Waals surface area (Å²) in [5.41, 5.74) is 0. The van der Waals surface area contributed by atoms with Crippen LogP contribution in [0.4, 0.5) is 0 Å². The monoisotopic (exact) mass is 218 g/mol. The topological polar surface area (TPSA) is 0 Å². The standard InChI is InChI=1S/C17H14/c1-2-3-6-13-11-12-15-8-4-7-14-9-5-10-16(13)17(14)15/h2-12H,1H3. The second-order valence-corrected chi connectivity index (χ2v) is 4.23. The van der Waals surface area contributed by atoms with Crippen LogP contribution in [0.3, 0.4) is 0 Å². The van der Waals surface area contributed by atoms with Crippen molar-refractivity contribution in [3.8, 4) is 0 Å². The van der Waals surface area contributed by atoms with E-state index in [1.165, 1.54) is 26.8 Å². The van der Waals surface area contributed by atoms with Crippen LogP contribution in [0, 0.1) is 0 Å². The summed E-state index contributed by atoms with van der Waals surface area (Å²) in [7, 11) is 0. The van der Waals surface area contributed by atoms with Gasteiger partial charge in [-0.15, -0.1) is 0 Å². The van der Waals surface area contributed by atoms with Crippen LogP contribution in [0.2, 0.25) is 0 Å². The fraction of sp³-hybridized carbons (Fsp3) is 0.0588. The smallest absolute Gasteiger partial charge is 0.00328 e. The Bertz CT molecular complexity index is 725. The largest absolute Gasteiger partial charge is 0.0876 e. The molecular weight excluding hydrogens is 204 g/mol. The zero-order valence-electron chi connectivity index (χ0n) is 9.85.